The van der Waals surface area contributed by atoms with Crippen LogP contribution in [0, 0.1) is 11.8 Å². The second-order valence-corrected chi connectivity index (χ2v) is 9.68. The van der Waals surface area contributed by atoms with E-state index in [4.69, 9.17) is 5.73 Å². The number of nitrogens with one attached hydrogen (secondary N) is 1. The number of pyridine rings is 1. The van der Waals surface area contributed by atoms with Gasteiger partial charge in [0.2, 0.25) is 5.91 Å². The molecule has 1 aliphatic carbocycles. The average molecular weight is 482 g/mol. The first-order chi connectivity index (χ1) is 16.8. The molecule has 0 aromatic carbocycles. The van der Waals surface area contributed by atoms with Crippen LogP contribution in [0.4, 0.5) is 16.3 Å². The fourth-order valence-corrected chi connectivity index (χ4v) is 5.36. The lowest BCUT2D eigenvalue weighted by atomic mass is 9.81. The number of rotatable bonds is 7. The fraction of sp³-hybridized carbons (Fsp3) is 0.560. The van der Waals surface area contributed by atoms with Crippen molar-refractivity contribution in [1.82, 2.24) is 25.0 Å². The number of hydrogen-bond donors (Lipinski definition) is 2. The van der Waals surface area contributed by atoms with Crippen molar-refractivity contribution in [3.8, 4) is 0 Å². The summed E-state index contributed by atoms with van der Waals surface area (Å²) in [6, 6.07) is 2.05. The van der Waals surface area contributed by atoms with Gasteiger partial charge in [-0.05, 0) is 49.3 Å². The van der Waals surface area contributed by atoms with Gasteiger partial charge in [0.25, 0.3) is 5.91 Å². The highest BCUT2D eigenvalue weighted by Gasteiger charge is 2.55. The number of imide groups is 1. The fourth-order valence-electron chi connectivity index (χ4n) is 5.36. The molecule has 0 radical (unpaired) electrons. The second kappa shape index (κ2) is 10.5. The first-order valence-corrected chi connectivity index (χ1v) is 12.4. The molecule has 4 amide bonds. The number of aryl methyl sites for hydroxylation is 1. The molecule has 3 N–H and O–H groups in total. The molecule has 2 aliphatic rings. The number of nitrogen functional groups attached to an aromatic ring is 1. The summed E-state index contributed by atoms with van der Waals surface area (Å²) >= 11 is 0. The van der Waals surface area contributed by atoms with Gasteiger partial charge in [-0.1, -0.05) is 26.2 Å². The number of urea groups is 1. The van der Waals surface area contributed by atoms with Gasteiger partial charge in [-0.3, -0.25) is 19.2 Å². The van der Waals surface area contributed by atoms with Crippen molar-refractivity contribution in [3.05, 3.63) is 36.3 Å². The van der Waals surface area contributed by atoms with Crippen LogP contribution < -0.4 is 16.0 Å². The van der Waals surface area contributed by atoms with Crippen molar-refractivity contribution in [2.75, 3.05) is 17.7 Å². The van der Waals surface area contributed by atoms with Crippen LogP contribution in [0.3, 0.4) is 0 Å². The molecule has 35 heavy (non-hydrogen) atoms. The lowest BCUT2D eigenvalue weighted by Crippen LogP contribution is -2.71. The van der Waals surface area contributed by atoms with E-state index in [2.05, 4.69) is 15.4 Å². The molecule has 4 rings (SSSR count). The summed E-state index contributed by atoms with van der Waals surface area (Å²) in [6.45, 7) is 2.05. The SMILES string of the molecule is CCC(NC(=O)N1C(=O)[C@H](Cc2ccnc(N)c2)[C@H]1C(=O)N(C)c1cnn(C)c1)C1CCCCC1. The third kappa shape index (κ3) is 5.16. The molecule has 2 aromatic rings. The molecule has 0 bridgehead atoms. The quantitative estimate of drug-likeness (QED) is 0.585. The molecule has 1 saturated carbocycles. The Morgan fingerprint density at radius 2 is 2.03 bits per heavy atom. The number of carbonyl (C=O) groups excluding carboxylic acids is 3. The maximum absolute atomic E-state index is 13.6. The molecular formula is C25H35N7O3. The zero-order valence-electron chi connectivity index (χ0n) is 20.7. The van der Waals surface area contributed by atoms with E-state index in [1.165, 1.54) is 11.3 Å². The summed E-state index contributed by atoms with van der Waals surface area (Å²) < 4.78 is 1.60. The van der Waals surface area contributed by atoms with Gasteiger partial charge in [0.1, 0.15) is 11.9 Å². The Morgan fingerprint density at radius 3 is 2.66 bits per heavy atom. The average Bonchev–Trinajstić information content (AvgIpc) is 3.29. The van der Waals surface area contributed by atoms with Crippen molar-refractivity contribution in [3.63, 3.8) is 0 Å². The first kappa shape index (κ1) is 24.7. The predicted octanol–water partition coefficient (Wildman–Crippen LogP) is 2.50. The van der Waals surface area contributed by atoms with Gasteiger partial charge < -0.3 is 16.0 Å². The Hall–Kier alpha value is -3.43. The number of amides is 4. The molecule has 188 valence electrons. The van der Waals surface area contributed by atoms with Gasteiger partial charge in [0.15, 0.2) is 0 Å². The second-order valence-electron chi connectivity index (χ2n) is 9.68. The predicted molar refractivity (Wildman–Crippen MR) is 132 cm³/mol. The van der Waals surface area contributed by atoms with E-state index in [1.54, 1.807) is 49.5 Å². The van der Waals surface area contributed by atoms with Crippen LogP contribution in [0.2, 0.25) is 0 Å². The first-order valence-electron chi connectivity index (χ1n) is 12.4. The Morgan fingerprint density at radius 1 is 1.29 bits per heavy atom. The monoisotopic (exact) mass is 481 g/mol. The topological polar surface area (TPSA) is 126 Å². The number of likely N-dealkylation sites (N-methyl/N-ethyl adjacent to an activating group) is 1. The maximum Gasteiger partial charge on any atom is 0.325 e. The molecule has 3 atom stereocenters. The van der Waals surface area contributed by atoms with E-state index in [1.807, 2.05) is 6.92 Å². The van der Waals surface area contributed by atoms with Crippen LogP contribution in [0.15, 0.2) is 30.7 Å². The number of likely N-dealkylation sites (tertiary alicyclic amines) is 1. The molecule has 10 heteroatoms. The van der Waals surface area contributed by atoms with Gasteiger partial charge in [0.05, 0.1) is 17.8 Å². The van der Waals surface area contributed by atoms with Crippen LogP contribution in [-0.2, 0) is 23.1 Å². The standard InChI is InChI=1S/C25H35N7O3/c1-4-20(17-8-6-5-7-9-17)29-25(35)32-22(24(34)31(3)18-14-28-30(2)15-18)19(23(32)33)12-16-10-11-27-21(26)13-16/h10-11,13-15,17,19-20,22H,4-9,12H2,1-3H3,(H2,26,27)(H,29,35)/t19-,20?,22+/m1/s1. The van der Waals surface area contributed by atoms with E-state index in [9.17, 15) is 14.4 Å². The largest absolute Gasteiger partial charge is 0.384 e. The molecule has 0 spiro atoms. The van der Waals surface area contributed by atoms with Crippen LogP contribution in [0.1, 0.15) is 51.0 Å². The minimum Gasteiger partial charge on any atom is -0.384 e. The number of nitrogens with zero attached hydrogens (tertiary/aromatic N) is 5. The number of β-lactam (4-membered cyclic amide) rings is 1. The third-order valence-corrected chi connectivity index (χ3v) is 7.36. The Labute approximate surface area is 205 Å². The zero-order valence-corrected chi connectivity index (χ0v) is 20.7. The molecule has 3 heterocycles. The minimum atomic E-state index is -0.911. The Balaban J connectivity index is 1.56. The molecule has 2 aromatic heterocycles. The van der Waals surface area contributed by atoms with Gasteiger partial charge in [-0.25, -0.2) is 9.78 Å². The van der Waals surface area contributed by atoms with Crippen LogP contribution >= 0.6 is 0 Å². The van der Waals surface area contributed by atoms with Crippen molar-refractivity contribution >= 4 is 29.4 Å². The van der Waals surface area contributed by atoms with Crippen molar-refractivity contribution in [1.29, 1.82) is 0 Å². The minimum absolute atomic E-state index is 0.0125. The molecule has 1 unspecified atom stereocenters. The summed E-state index contributed by atoms with van der Waals surface area (Å²) in [7, 11) is 3.40. The third-order valence-electron chi connectivity index (χ3n) is 7.36. The summed E-state index contributed by atoms with van der Waals surface area (Å²) in [4.78, 5) is 46.8. The van der Waals surface area contributed by atoms with Gasteiger partial charge in [-0.15, -0.1) is 0 Å². The molecular weight excluding hydrogens is 446 g/mol. The van der Waals surface area contributed by atoms with Crippen LogP contribution in [0.5, 0.6) is 0 Å². The van der Waals surface area contributed by atoms with E-state index < -0.39 is 18.0 Å². The highest BCUT2D eigenvalue weighted by atomic mass is 16.2. The van der Waals surface area contributed by atoms with E-state index in [0.717, 1.165) is 42.6 Å². The smallest absolute Gasteiger partial charge is 0.325 e. The van der Waals surface area contributed by atoms with E-state index in [-0.39, 0.29) is 17.9 Å². The normalized spacial score (nSPS) is 21.3. The number of anilines is 2. The lowest BCUT2D eigenvalue weighted by molar-refractivity contribution is -0.156. The Bertz CT molecular complexity index is 1080. The van der Waals surface area contributed by atoms with Crippen LogP contribution in [0.25, 0.3) is 0 Å². The van der Waals surface area contributed by atoms with Gasteiger partial charge in [-0.2, -0.15) is 5.10 Å². The number of hydrogen-bond acceptors (Lipinski definition) is 6. The summed E-state index contributed by atoms with van der Waals surface area (Å²) in [5.41, 5.74) is 7.20. The maximum atomic E-state index is 13.6. The number of aromatic nitrogens is 3. The van der Waals surface area contributed by atoms with Crippen molar-refractivity contribution in [2.45, 2.75) is 64.0 Å². The highest BCUT2D eigenvalue weighted by molar-refractivity contribution is 6.12. The Kier molecular flexibility index (Phi) is 7.37. The van der Waals surface area contributed by atoms with E-state index in [0.29, 0.717) is 23.8 Å². The number of carbonyl (C=O) groups is 3. The molecule has 1 saturated heterocycles. The molecule has 1 aliphatic heterocycles. The van der Waals surface area contributed by atoms with Gasteiger partial charge >= 0.3 is 6.03 Å². The molecule has 10 nitrogen and oxygen atoms in total. The van der Waals surface area contributed by atoms with Crippen molar-refractivity contribution < 1.29 is 14.4 Å². The van der Waals surface area contributed by atoms with Gasteiger partial charge in [0, 0.05) is 32.5 Å². The summed E-state index contributed by atoms with van der Waals surface area (Å²) in [5.74, 6) is -0.599. The highest BCUT2D eigenvalue weighted by Crippen LogP contribution is 2.34. The van der Waals surface area contributed by atoms with Crippen molar-refractivity contribution in [2.24, 2.45) is 18.9 Å². The number of nitrogens with two attached hydrogens (primary N) is 1. The van der Waals surface area contributed by atoms with Crippen LogP contribution in [-0.4, -0.2) is 56.6 Å². The zero-order chi connectivity index (χ0) is 25.1. The molecule has 2 fully saturated rings. The summed E-state index contributed by atoms with van der Waals surface area (Å²) in [6.07, 6.45) is 11.7. The van der Waals surface area contributed by atoms with E-state index >= 15 is 0 Å². The lowest BCUT2D eigenvalue weighted by Gasteiger charge is -2.46. The summed E-state index contributed by atoms with van der Waals surface area (Å²) in [5, 5.41) is 7.21.